The van der Waals surface area contributed by atoms with Crippen molar-refractivity contribution in [3.63, 3.8) is 0 Å². The molecule has 3 rings (SSSR count). The molecule has 132 valence electrons. The van der Waals surface area contributed by atoms with E-state index in [9.17, 15) is 9.90 Å². The molecule has 5 heteroatoms. The van der Waals surface area contributed by atoms with E-state index in [0.29, 0.717) is 36.6 Å². The lowest BCUT2D eigenvalue weighted by Gasteiger charge is -2.25. The van der Waals surface area contributed by atoms with Crippen LogP contribution in [0.4, 0.5) is 5.69 Å². The van der Waals surface area contributed by atoms with Gasteiger partial charge in [0.1, 0.15) is 5.60 Å². The van der Waals surface area contributed by atoms with Gasteiger partial charge in [-0.3, -0.25) is 9.69 Å². The molecule has 0 saturated carbocycles. The van der Waals surface area contributed by atoms with Gasteiger partial charge in [-0.25, -0.2) is 0 Å². The number of benzene rings is 2. The zero-order valence-electron chi connectivity index (χ0n) is 14.3. The molecule has 0 radical (unpaired) electrons. The van der Waals surface area contributed by atoms with Crippen LogP contribution in [0, 0.1) is 6.92 Å². The van der Waals surface area contributed by atoms with Gasteiger partial charge in [0.2, 0.25) is 5.91 Å². The predicted octanol–water partition coefficient (Wildman–Crippen LogP) is 3.57. The topological polar surface area (TPSA) is 52.6 Å². The van der Waals surface area contributed by atoms with Crippen molar-refractivity contribution in [1.29, 1.82) is 0 Å². The highest BCUT2D eigenvalue weighted by Gasteiger charge is 2.38. The molecule has 0 bridgehead atoms. The van der Waals surface area contributed by atoms with E-state index in [1.54, 1.807) is 12.1 Å². The van der Waals surface area contributed by atoms with E-state index in [0.717, 1.165) is 17.7 Å². The first-order valence-corrected chi connectivity index (χ1v) is 8.91. The highest BCUT2D eigenvalue weighted by atomic mass is 35.5. The van der Waals surface area contributed by atoms with Crippen LogP contribution < -0.4 is 5.32 Å². The standard InChI is InChI=1S/C20H23ClN2O2/c1-15-6-2-3-7-16(15)20(25)11-13-23(14-20)12-10-19(24)22-18-9-5-4-8-17(18)21/h2-9,25H,10-14H2,1H3,(H,22,24). The van der Waals surface area contributed by atoms with Crippen LogP contribution in [0.1, 0.15) is 24.0 Å². The van der Waals surface area contributed by atoms with Crippen molar-refractivity contribution in [3.05, 3.63) is 64.7 Å². The summed E-state index contributed by atoms with van der Waals surface area (Å²) in [6.07, 6.45) is 1.05. The van der Waals surface area contributed by atoms with E-state index in [1.807, 2.05) is 43.3 Å². The first kappa shape index (κ1) is 17.9. The summed E-state index contributed by atoms with van der Waals surface area (Å²) in [5.74, 6) is -0.0700. The smallest absolute Gasteiger partial charge is 0.225 e. The van der Waals surface area contributed by atoms with Gasteiger partial charge in [0, 0.05) is 26.1 Å². The quantitative estimate of drug-likeness (QED) is 0.859. The molecule has 4 nitrogen and oxygen atoms in total. The van der Waals surface area contributed by atoms with Gasteiger partial charge in [-0.2, -0.15) is 0 Å². The third-order valence-electron chi connectivity index (χ3n) is 4.78. The van der Waals surface area contributed by atoms with Crippen LogP contribution in [-0.4, -0.2) is 35.5 Å². The van der Waals surface area contributed by atoms with E-state index in [1.165, 1.54) is 0 Å². The maximum absolute atomic E-state index is 12.1. The monoisotopic (exact) mass is 358 g/mol. The number of likely N-dealkylation sites (tertiary alicyclic amines) is 1. The Morgan fingerprint density at radius 1 is 1.24 bits per heavy atom. The number of nitrogens with one attached hydrogen (secondary N) is 1. The maximum Gasteiger partial charge on any atom is 0.225 e. The molecule has 0 spiro atoms. The number of rotatable bonds is 5. The largest absolute Gasteiger partial charge is 0.384 e. The summed E-state index contributed by atoms with van der Waals surface area (Å²) in [7, 11) is 0. The Kier molecular flexibility index (Phi) is 5.42. The zero-order valence-corrected chi connectivity index (χ0v) is 15.1. The summed E-state index contributed by atoms with van der Waals surface area (Å²) < 4.78 is 0. The Labute approximate surface area is 153 Å². The molecular weight excluding hydrogens is 336 g/mol. The molecule has 25 heavy (non-hydrogen) atoms. The first-order chi connectivity index (χ1) is 12.0. The molecule has 1 fully saturated rings. The summed E-state index contributed by atoms with van der Waals surface area (Å²) in [5.41, 5.74) is 1.89. The summed E-state index contributed by atoms with van der Waals surface area (Å²) in [4.78, 5) is 14.3. The molecule has 1 unspecified atom stereocenters. The van der Waals surface area contributed by atoms with E-state index >= 15 is 0 Å². The molecule has 1 aliphatic heterocycles. The van der Waals surface area contributed by atoms with Crippen molar-refractivity contribution in [2.45, 2.75) is 25.4 Å². The Hall–Kier alpha value is -1.88. The number of anilines is 1. The molecule has 1 amide bonds. The zero-order chi connectivity index (χ0) is 17.9. The fraction of sp³-hybridized carbons (Fsp3) is 0.350. The number of hydrogen-bond donors (Lipinski definition) is 2. The molecule has 0 aliphatic carbocycles. The summed E-state index contributed by atoms with van der Waals surface area (Å²) in [6, 6.07) is 15.1. The van der Waals surface area contributed by atoms with Crippen molar-refractivity contribution >= 4 is 23.2 Å². The van der Waals surface area contributed by atoms with Crippen molar-refractivity contribution in [3.8, 4) is 0 Å². The van der Waals surface area contributed by atoms with Gasteiger partial charge in [-0.15, -0.1) is 0 Å². The lowest BCUT2D eigenvalue weighted by Crippen LogP contribution is -2.33. The van der Waals surface area contributed by atoms with Crippen LogP contribution in [0.15, 0.2) is 48.5 Å². The summed E-state index contributed by atoms with van der Waals surface area (Å²) in [6.45, 7) is 3.97. The summed E-state index contributed by atoms with van der Waals surface area (Å²) >= 11 is 6.06. The van der Waals surface area contributed by atoms with Gasteiger partial charge in [-0.05, 0) is 36.6 Å². The van der Waals surface area contributed by atoms with Crippen LogP contribution in [0.3, 0.4) is 0 Å². The van der Waals surface area contributed by atoms with Crippen molar-refractivity contribution in [2.75, 3.05) is 25.0 Å². The average molecular weight is 359 g/mol. The Morgan fingerprint density at radius 3 is 2.72 bits per heavy atom. The Morgan fingerprint density at radius 2 is 1.96 bits per heavy atom. The third-order valence-corrected chi connectivity index (χ3v) is 5.11. The van der Waals surface area contributed by atoms with Gasteiger partial charge in [0.25, 0.3) is 0 Å². The molecule has 1 saturated heterocycles. The number of carbonyl (C=O) groups is 1. The highest BCUT2D eigenvalue weighted by molar-refractivity contribution is 6.33. The molecule has 0 aromatic heterocycles. The molecule has 2 N–H and O–H groups in total. The van der Waals surface area contributed by atoms with E-state index in [2.05, 4.69) is 10.2 Å². The van der Waals surface area contributed by atoms with Crippen molar-refractivity contribution in [2.24, 2.45) is 0 Å². The molecular formula is C20H23ClN2O2. The third kappa shape index (κ3) is 4.21. The summed E-state index contributed by atoms with van der Waals surface area (Å²) in [5, 5.41) is 14.4. The first-order valence-electron chi connectivity index (χ1n) is 8.53. The number of amides is 1. The molecule has 2 aromatic rings. The van der Waals surface area contributed by atoms with Crippen molar-refractivity contribution < 1.29 is 9.90 Å². The van der Waals surface area contributed by atoms with E-state index in [-0.39, 0.29) is 5.91 Å². The predicted molar refractivity (Wildman–Crippen MR) is 101 cm³/mol. The van der Waals surface area contributed by atoms with Crippen LogP contribution in [-0.2, 0) is 10.4 Å². The average Bonchev–Trinajstić information content (AvgIpc) is 2.98. The van der Waals surface area contributed by atoms with Gasteiger partial charge in [0.15, 0.2) is 0 Å². The minimum atomic E-state index is -0.829. The van der Waals surface area contributed by atoms with Crippen LogP contribution in [0.2, 0.25) is 5.02 Å². The van der Waals surface area contributed by atoms with Crippen molar-refractivity contribution in [1.82, 2.24) is 4.90 Å². The second-order valence-electron chi connectivity index (χ2n) is 6.65. The number of nitrogens with zero attached hydrogens (tertiary/aromatic N) is 1. The molecule has 2 aromatic carbocycles. The van der Waals surface area contributed by atoms with E-state index in [4.69, 9.17) is 11.6 Å². The van der Waals surface area contributed by atoms with Gasteiger partial charge >= 0.3 is 0 Å². The van der Waals surface area contributed by atoms with Gasteiger partial charge in [0.05, 0.1) is 10.7 Å². The normalized spacial score (nSPS) is 20.6. The fourth-order valence-electron chi connectivity index (χ4n) is 3.41. The maximum atomic E-state index is 12.1. The number of aliphatic hydroxyl groups is 1. The lowest BCUT2D eigenvalue weighted by atomic mass is 9.89. The van der Waals surface area contributed by atoms with Crippen LogP contribution >= 0.6 is 11.6 Å². The molecule has 1 heterocycles. The SMILES string of the molecule is Cc1ccccc1C1(O)CCN(CCC(=O)Nc2ccccc2Cl)C1. The van der Waals surface area contributed by atoms with Crippen LogP contribution in [0.5, 0.6) is 0 Å². The Bertz CT molecular complexity index is 765. The highest BCUT2D eigenvalue weighted by Crippen LogP contribution is 2.33. The number of aryl methyl sites for hydroxylation is 1. The number of hydrogen-bond acceptors (Lipinski definition) is 3. The minimum absolute atomic E-state index is 0.0700. The second-order valence-corrected chi connectivity index (χ2v) is 7.06. The second kappa shape index (κ2) is 7.56. The number of β-amino-alcohol motifs (C(OH)–C–C–N with tert-alkyl or cyclic N) is 1. The Balaban J connectivity index is 1.54. The van der Waals surface area contributed by atoms with Crippen LogP contribution in [0.25, 0.3) is 0 Å². The number of carbonyl (C=O) groups excluding carboxylic acids is 1. The number of para-hydroxylation sites is 1. The lowest BCUT2D eigenvalue weighted by molar-refractivity contribution is -0.116. The minimum Gasteiger partial charge on any atom is -0.384 e. The van der Waals surface area contributed by atoms with Gasteiger partial charge < -0.3 is 10.4 Å². The molecule has 1 atom stereocenters. The number of halogens is 1. The van der Waals surface area contributed by atoms with Gasteiger partial charge in [-0.1, -0.05) is 48.0 Å². The van der Waals surface area contributed by atoms with E-state index < -0.39 is 5.60 Å². The molecule has 1 aliphatic rings. The fourth-order valence-corrected chi connectivity index (χ4v) is 3.59.